The molecule has 1 unspecified atom stereocenters. The molecule has 0 fully saturated rings. The number of unbranched alkanes of at least 4 members (excludes halogenated alkanes) is 37. The molecule has 6 nitrogen and oxygen atoms in total. The predicted octanol–water partition coefficient (Wildman–Crippen LogP) is 19.3. The first-order chi connectivity index (χ1) is 31.8. The van der Waals surface area contributed by atoms with Crippen LogP contribution in [0.15, 0.2) is 0 Å². The van der Waals surface area contributed by atoms with E-state index in [0.29, 0.717) is 19.3 Å². The molecular weight excluding hydrogens is 805 g/mol. The Labute approximate surface area is 406 Å². The maximum atomic E-state index is 12.8. The maximum absolute atomic E-state index is 12.8. The first-order valence-electron chi connectivity index (χ1n) is 29.3. The minimum Gasteiger partial charge on any atom is -0.462 e. The van der Waals surface area contributed by atoms with E-state index in [1.807, 2.05) is 0 Å². The van der Waals surface area contributed by atoms with E-state index in [1.54, 1.807) is 0 Å². The standard InChI is InChI=1S/C59H114O6/c1-6-8-9-10-11-12-13-14-15-21-25-28-31-34-41-46-51-59(62)65-56(53-64-58(61)50-45-40-36-35-37-42-47-54(3)4)52-63-57(60)49-44-39-33-30-27-24-22-19-17-16-18-20-23-26-29-32-38-43-48-55(5)7-2/h54-56H,6-53H2,1-5H3/t55?,56-/m1/s1. The van der Waals surface area contributed by atoms with E-state index >= 15 is 0 Å². The smallest absolute Gasteiger partial charge is 0.306 e. The van der Waals surface area contributed by atoms with E-state index in [-0.39, 0.29) is 31.1 Å². The van der Waals surface area contributed by atoms with Crippen LogP contribution in [0.1, 0.15) is 330 Å². The summed E-state index contributed by atoms with van der Waals surface area (Å²) >= 11 is 0. The average Bonchev–Trinajstić information content (AvgIpc) is 3.29. The zero-order valence-electron chi connectivity index (χ0n) is 44.6. The Kier molecular flexibility index (Phi) is 50.5. The number of esters is 3. The highest BCUT2D eigenvalue weighted by Crippen LogP contribution is 2.19. The summed E-state index contributed by atoms with van der Waals surface area (Å²) in [4.78, 5) is 38.0. The number of carbonyl (C=O) groups is 3. The highest BCUT2D eigenvalue weighted by Gasteiger charge is 2.19. The fraction of sp³-hybridized carbons (Fsp3) is 0.949. The molecule has 6 heteroatoms. The molecule has 0 aromatic carbocycles. The van der Waals surface area contributed by atoms with Crippen LogP contribution in [0.5, 0.6) is 0 Å². The van der Waals surface area contributed by atoms with Gasteiger partial charge in [0.2, 0.25) is 0 Å². The SMILES string of the molecule is CCCCCCCCCCCCCCCCCCC(=O)O[C@H](COC(=O)CCCCCCCCCCCCCCCCCCCCC(C)CC)COC(=O)CCCCCCCCC(C)C. The van der Waals surface area contributed by atoms with Gasteiger partial charge in [-0.15, -0.1) is 0 Å². The van der Waals surface area contributed by atoms with Gasteiger partial charge in [-0.2, -0.15) is 0 Å². The first-order valence-corrected chi connectivity index (χ1v) is 29.3. The molecule has 386 valence electrons. The quantitative estimate of drug-likeness (QED) is 0.0344. The third kappa shape index (κ3) is 51.6. The fourth-order valence-electron chi connectivity index (χ4n) is 9.02. The minimum absolute atomic E-state index is 0.0636. The topological polar surface area (TPSA) is 78.9 Å². The van der Waals surface area contributed by atoms with Crippen LogP contribution < -0.4 is 0 Å². The second-order valence-electron chi connectivity index (χ2n) is 21.0. The zero-order valence-corrected chi connectivity index (χ0v) is 44.6. The molecule has 0 heterocycles. The molecule has 0 N–H and O–H groups in total. The van der Waals surface area contributed by atoms with Crippen LogP contribution in [0.3, 0.4) is 0 Å². The lowest BCUT2D eigenvalue weighted by molar-refractivity contribution is -0.167. The van der Waals surface area contributed by atoms with Gasteiger partial charge in [0.1, 0.15) is 13.2 Å². The second-order valence-corrected chi connectivity index (χ2v) is 21.0. The maximum Gasteiger partial charge on any atom is 0.306 e. The van der Waals surface area contributed by atoms with Gasteiger partial charge in [-0.3, -0.25) is 14.4 Å². The van der Waals surface area contributed by atoms with Crippen LogP contribution in [-0.2, 0) is 28.6 Å². The van der Waals surface area contributed by atoms with Crippen molar-refractivity contribution in [2.24, 2.45) is 11.8 Å². The van der Waals surface area contributed by atoms with Crippen LogP contribution in [-0.4, -0.2) is 37.2 Å². The van der Waals surface area contributed by atoms with Crippen molar-refractivity contribution in [1.29, 1.82) is 0 Å². The summed E-state index contributed by atoms with van der Waals surface area (Å²) in [7, 11) is 0. The second kappa shape index (κ2) is 51.8. The van der Waals surface area contributed by atoms with Crippen molar-refractivity contribution in [2.45, 2.75) is 336 Å². The average molecular weight is 920 g/mol. The highest BCUT2D eigenvalue weighted by molar-refractivity contribution is 5.71. The Morgan fingerprint density at radius 3 is 0.877 bits per heavy atom. The van der Waals surface area contributed by atoms with Crippen LogP contribution in [0.25, 0.3) is 0 Å². The number of ether oxygens (including phenoxy) is 3. The third-order valence-electron chi connectivity index (χ3n) is 13.8. The molecule has 0 saturated heterocycles. The molecule has 0 amide bonds. The summed E-state index contributed by atoms with van der Waals surface area (Å²) in [5, 5.41) is 0. The molecule has 0 aromatic rings. The number of hydrogen-bond acceptors (Lipinski definition) is 6. The van der Waals surface area contributed by atoms with Crippen molar-refractivity contribution >= 4 is 17.9 Å². The Morgan fingerprint density at radius 2 is 0.585 bits per heavy atom. The lowest BCUT2D eigenvalue weighted by atomic mass is 9.99. The summed E-state index contributed by atoms with van der Waals surface area (Å²) < 4.78 is 16.9. The van der Waals surface area contributed by atoms with E-state index in [2.05, 4.69) is 34.6 Å². The molecule has 2 atom stereocenters. The van der Waals surface area contributed by atoms with E-state index in [1.165, 1.54) is 218 Å². The Morgan fingerprint density at radius 1 is 0.323 bits per heavy atom. The van der Waals surface area contributed by atoms with Crippen molar-refractivity contribution in [1.82, 2.24) is 0 Å². The fourth-order valence-corrected chi connectivity index (χ4v) is 9.02. The van der Waals surface area contributed by atoms with Gasteiger partial charge in [-0.05, 0) is 31.1 Å². The third-order valence-corrected chi connectivity index (χ3v) is 13.8. The monoisotopic (exact) mass is 919 g/mol. The summed E-state index contributed by atoms with van der Waals surface area (Å²) in [5.41, 5.74) is 0. The van der Waals surface area contributed by atoms with E-state index < -0.39 is 6.10 Å². The summed E-state index contributed by atoms with van der Waals surface area (Å²) in [6.45, 7) is 11.4. The van der Waals surface area contributed by atoms with Gasteiger partial charge in [-0.25, -0.2) is 0 Å². The van der Waals surface area contributed by atoms with Gasteiger partial charge in [0.15, 0.2) is 6.10 Å². The molecular formula is C59H114O6. The lowest BCUT2D eigenvalue weighted by Gasteiger charge is -2.18. The largest absolute Gasteiger partial charge is 0.462 e. The Balaban J connectivity index is 4.17. The number of carbonyl (C=O) groups excluding carboxylic acids is 3. The molecule has 0 aromatic heterocycles. The molecule has 0 saturated carbocycles. The van der Waals surface area contributed by atoms with Gasteiger partial charge < -0.3 is 14.2 Å². The van der Waals surface area contributed by atoms with Crippen molar-refractivity contribution in [3.8, 4) is 0 Å². The summed E-state index contributed by atoms with van der Waals surface area (Å²) in [5.74, 6) is 0.828. The molecule has 65 heavy (non-hydrogen) atoms. The van der Waals surface area contributed by atoms with Gasteiger partial charge in [0.05, 0.1) is 0 Å². The zero-order chi connectivity index (χ0) is 47.5. The van der Waals surface area contributed by atoms with Gasteiger partial charge in [-0.1, -0.05) is 291 Å². The Hall–Kier alpha value is -1.59. The first kappa shape index (κ1) is 63.4. The van der Waals surface area contributed by atoms with E-state index in [4.69, 9.17) is 14.2 Å². The number of hydrogen-bond donors (Lipinski definition) is 0. The van der Waals surface area contributed by atoms with Gasteiger partial charge in [0.25, 0.3) is 0 Å². The minimum atomic E-state index is -0.763. The van der Waals surface area contributed by atoms with Gasteiger partial charge >= 0.3 is 17.9 Å². The molecule has 0 aliphatic rings. The van der Waals surface area contributed by atoms with Crippen molar-refractivity contribution in [3.05, 3.63) is 0 Å². The van der Waals surface area contributed by atoms with E-state index in [0.717, 1.165) is 69.6 Å². The summed E-state index contributed by atoms with van der Waals surface area (Å²) in [6, 6.07) is 0. The molecule has 0 aliphatic heterocycles. The lowest BCUT2D eigenvalue weighted by Crippen LogP contribution is -2.30. The van der Waals surface area contributed by atoms with Crippen LogP contribution in [0.4, 0.5) is 0 Å². The Bertz CT molecular complexity index is 995. The predicted molar refractivity (Wildman–Crippen MR) is 280 cm³/mol. The molecule has 0 spiro atoms. The van der Waals surface area contributed by atoms with Crippen LogP contribution >= 0.6 is 0 Å². The van der Waals surface area contributed by atoms with Crippen LogP contribution in [0.2, 0.25) is 0 Å². The summed E-state index contributed by atoms with van der Waals surface area (Å²) in [6.07, 6.45) is 55.4. The van der Waals surface area contributed by atoms with Gasteiger partial charge in [0, 0.05) is 19.3 Å². The molecule has 0 radical (unpaired) electrons. The highest BCUT2D eigenvalue weighted by atomic mass is 16.6. The van der Waals surface area contributed by atoms with E-state index in [9.17, 15) is 14.4 Å². The van der Waals surface area contributed by atoms with Crippen molar-refractivity contribution in [3.63, 3.8) is 0 Å². The van der Waals surface area contributed by atoms with Crippen molar-refractivity contribution in [2.75, 3.05) is 13.2 Å². The molecule has 0 aliphatic carbocycles. The normalized spacial score (nSPS) is 12.5. The van der Waals surface area contributed by atoms with Crippen LogP contribution in [0, 0.1) is 11.8 Å². The molecule has 0 rings (SSSR count). The number of rotatable bonds is 53. The van der Waals surface area contributed by atoms with Crippen molar-refractivity contribution < 1.29 is 28.6 Å². The molecule has 0 bridgehead atoms.